The first-order valence-electron chi connectivity index (χ1n) is 9.24. The summed E-state index contributed by atoms with van der Waals surface area (Å²) in [6.07, 6.45) is 3.14. The van der Waals surface area contributed by atoms with E-state index in [4.69, 9.17) is 4.98 Å². The predicted octanol–water partition coefficient (Wildman–Crippen LogP) is 4.37. The first kappa shape index (κ1) is 18.5. The van der Waals surface area contributed by atoms with Gasteiger partial charge in [-0.25, -0.2) is 4.98 Å². The molecule has 3 aromatic rings. The van der Waals surface area contributed by atoms with Crippen molar-refractivity contribution in [1.82, 2.24) is 9.88 Å². The van der Waals surface area contributed by atoms with Gasteiger partial charge in [0.05, 0.1) is 27.7 Å². The van der Waals surface area contributed by atoms with Gasteiger partial charge in [-0.1, -0.05) is 24.6 Å². The van der Waals surface area contributed by atoms with Gasteiger partial charge in [0.1, 0.15) is 5.01 Å². The smallest absolute Gasteiger partial charge is 0.271 e. The van der Waals surface area contributed by atoms with E-state index in [0.717, 1.165) is 41.0 Å². The van der Waals surface area contributed by atoms with Gasteiger partial charge in [-0.05, 0) is 37.6 Å². The van der Waals surface area contributed by atoms with Crippen LogP contribution in [0.2, 0.25) is 0 Å². The van der Waals surface area contributed by atoms with E-state index < -0.39 is 4.92 Å². The second-order valence-electron chi connectivity index (χ2n) is 6.86. The van der Waals surface area contributed by atoms with Crippen LogP contribution < -0.4 is 5.32 Å². The minimum Gasteiger partial charge on any atom is -0.325 e. The second kappa shape index (κ2) is 8.04. The van der Waals surface area contributed by atoms with Crippen LogP contribution in [-0.4, -0.2) is 33.8 Å². The molecule has 0 unspecified atom stereocenters. The lowest BCUT2D eigenvalue weighted by molar-refractivity contribution is -0.384. The van der Waals surface area contributed by atoms with E-state index in [1.54, 1.807) is 23.5 Å². The number of likely N-dealkylation sites (tertiary alicyclic amines) is 1. The number of aromatic nitrogens is 1. The van der Waals surface area contributed by atoms with Crippen LogP contribution >= 0.6 is 11.3 Å². The molecule has 0 saturated carbocycles. The highest BCUT2D eigenvalue weighted by Crippen LogP contribution is 2.35. The van der Waals surface area contributed by atoms with E-state index in [2.05, 4.69) is 16.3 Å². The standard InChI is InChI=1S/C20H20N4O3S/c25-19(21-14-6-5-7-15(12-14)24(26)27)13-23-11-4-3-9-17(23)20-22-16-8-1-2-10-18(16)28-20/h1-2,5-8,10,12,17H,3-4,9,11,13H2,(H,21,25)/t17-/m1/s1. The molecule has 2 heterocycles. The molecule has 0 bridgehead atoms. The highest BCUT2D eigenvalue weighted by molar-refractivity contribution is 7.18. The van der Waals surface area contributed by atoms with Crippen molar-refractivity contribution in [3.05, 3.63) is 63.7 Å². The molecule has 0 radical (unpaired) electrons. The topological polar surface area (TPSA) is 88.4 Å². The molecule has 1 atom stereocenters. The number of hydrogen-bond acceptors (Lipinski definition) is 6. The van der Waals surface area contributed by atoms with Gasteiger partial charge in [0, 0.05) is 17.8 Å². The average molecular weight is 396 g/mol. The van der Waals surface area contributed by atoms with Crippen LogP contribution in [0, 0.1) is 10.1 Å². The summed E-state index contributed by atoms with van der Waals surface area (Å²) < 4.78 is 1.16. The molecule has 144 valence electrons. The Balaban J connectivity index is 1.48. The Morgan fingerprint density at radius 2 is 2.11 bits per heavy atom. The van der Waals surface area contributed by atoms with Crippen LogP contribution in [0.15, 0.2) is 48.5 Å². The maximum Gasteiger partial charge on any atom is 0.271 e. The van der Waals surface area contributed by atoms with Gasteiger partial charge in [-0.2, -0.15) is 0 Å². The molecule has 4 rings (SSSR count). The quantitative estimate of drug-likeness (QED) is 0.511. The van der Waals surface area contributed by atoms with Crippen molar-refractivity contribution in [2.24, 2.45) is 0 Å². The summed E-state index contributed by atoms with van der Waals surface area (Å²) in [5.74, 6) is -0.173. The number of non-ortho nitro benzene ring substituents is 1. The summed E-state index contributed by atoms with van der Waals surface area (Å²) in [6, 6.07) is 14.2. The number of hydrogen-bond donors (Lipinski definition) is 1. The zero-order chi connectivity index (χ0) is 19.5. The summed E-state index contributed by atoms with van der Waals surface area (Å²) in [7, 11) is 0. The molecule has 1 aromatic heterocycles. The molecule has 0 aliphatic carbocycles. The van der Waals surface area contributed by atoms with Gasteiger partial charge < -0.3 is 5.32 Å². The fourth-order valence-corrected chi connectivity index (χ4v) is 4.71. The van der Waals surface area contributed by atoms with Gasteiger partial charge in [0.2, 0.25) is 5.91 Å². The van der Waals surface area contributed by atoms with Crippen molar-refractivity contribution in [3.63, 3.8) is 0 Å². The lowest BCUT2D eigenvalue weighted by Crippen LogP contribution is -2.39. The third-order valence-electron chi connectivity index (χ3n) is 4.90. The number of nitrogens with zero attached hydrogens (tertiary/aromatic N) is 3. The molecule has 8 heteroatoms. The number of benzene rings is 2. The van der Waals surface area contributed by atoms with Crippen LogP contribution in [0.3, 0.4) is 0 Å². The molecule has 1 saturated heterocycles. The third kappa shape index (κ3) is 4.02. The van der Waals surface area contributed by atoms with Gasteiger partial charge in [0.25, 0.3) is 5.69 Å². The molecule has 28 heavy (non-hydrogen) atoms. The number of rotatable bonds is 5. The molecule has 1 aliphatic rings. The molecule has 1 amide bonds. The zero-order valence-corrected chi connectivity index (χ0v) is 16.0. The minimum absolute atomic E-state index is 0.0388. The first-order chi connectivity index (χ1) is 13.6. The molecular formula is C20H20N4O3S. The Labute approximate surface area is 166 Å². The molecule has 1 N–H and O–H groups in total. The Bertz CT molecular complexity index is 986. The second-order valence-corrected chi connectivity index (χ2v) is 7.92. The van der Waals surface area contributed by atoms with Crippen LogP contribution in [-0.2, 0) is 4.79 Å². The number of nitro groups is 1. The number of anilines is 1. The fraction of sp³-hybridized carbons (Fsp3) is 0.300. The normalized spacial score (nSPS) is 17.5. The van der Waals surface area contributed by atoms with Crippen molar-refractivity contribution >= 4 is 38.8 Å². The maximum atomic E-state index is 12.6. The number of nitro benzene ring substituents is 1. The molecule has 0 spiro atoms. The maximum absolute atomic E-state index is 12.6. The molecule has 1 aliphatic heterocycles. The van der Waals surface area contributed by atoms with Crippen LogP contribution in [0.4, 0.5) is 11.4 Å². The van der Waals surface area contributed by atoms with E-state index >= 15 is 0 Å². The number of fused-ring (bicyclic) bond motifs is 1. The largest absolute Gasteiger partial charge is 0.325 e. The SMILES string of the molecule is O=C(CN1CCCC[C@@H]1c1nc2ccccc2s1)Nc1cccc([N+](=O)[O-])c1. The average Bonchev–Trinajstić information content (AvgIpc) is 3.12. The first-order valence-corrected chi connectivity index (χ1v) is 10.1. The Kier molecular flexibility index (Phi) is 5.31. The van der Waals surface area contributed by atoms with Crippen LogP contribution in [0.25, 0.3) is 10.2 Å². The summed E-state index contributed by atoms with van der Waals surface area (Å²) in [5.41, 5.74) is 1.39. The Morgan fingerprint density at radius 3 is 2.93 bits per heavy atom. The number of carbonyl (C=O) groups excluding carboxylic acids is 1. The highest BCUT2D eigenvalue weighted by atomic mass is 32.1. The molecule has 7 nitrogen and oxygen atoms in total. The van der Waals surface area contributed by atoms with Crippen LogP contribution in [0.1, 0.15) is 30.3 Å². The number of piperidine rings is 1. The number of thiazole rings is 1. The summed E-state index contributed by atoms with van der Waals surface area (Å²) in [4.78, 5) is 30.0. The summed E-state index contributed by atoms with van der Waals surface area (Å²) >= 11 is 1.68. The van der Waals surface area contributed by atoms with E-state index in [1.165, 1.54) is 12.1 Å². The number of amides is 1. The molecule has 2 aromatic carbocycles. The van der Waals surface area contributed by atoms with Crippen molar-refractivity contribution in [1.29, 1.82) is 0 Å². The molecule has 1 fully saturated rings. The van der Waals surface area contributed by atoms with E-state index in [-0.39, 0.29) is 24.2 Å². The Hall–Kier alpha value is -2.84. The highest BCUT2D eigenvalue weighted by Gasteiger charge is 2.28. The van der Waals surface area contributed by atoms with Crippen molar-refractivity contribution < 1.29 is 9.72 Å². The van der Waals surface area contributed by atoms with Gasteiger partial charge in [-0.15, -0.1) is 11.3 Å². The van der Waals surface area contributed by atoms with Gasteiger partial charge in [-0.3, -0.25) is 19.8 Å². The van der Waals surface area contributed by atoms with Gasteiger partial charge >= 0.3 is 0 Å². The zero-order valence-electron chi connectivity index (χ0n) is 15.2. The van der Waals surface area contributed by atoms with E-state index in [1.807, 2.05) is 18.2 Å². The molecular weight excluding hydrogens is 376 g/mol. The summed E-state index contributed by atoms with van der Waals surface area (Å²) in [5, 5.41) is 14.7. The lowest BCUT2D eigenvalue weighted by atomic mass is 10.0. The number of carbonyl (C=O) groups is 1. The Morgan fingerprint density at radius 1 is 1.25 bits per heavy atom. The van der Waals surface area contributed by atoms with E-state index in [0.29, 0.717) is 5.69 Å². The number of para-hydroxylation sites is 1. The minimum atomic E-state index is -0.469. The third-order valence-corrected chi connectivity index (χ3v) is 6.03. The summed E-state index contributed by atoms with van der Waals surface area (Å²) in [6.45, 7) is 1.08. The van der Waals surface area contributed by atoms with Crippen molar-refractivity contribution in [2.75, 3.05) is 18.4 Å². The lowest BCUT2D eigenvalue weighted by Gasteiger charge is -2.33. The van der Waals surface area contributed by atoms with Gasteiger partial charge in [0.15, 0.2) is 0 Å². The van der Waals surface area contributed by atoms with E-state index in [9.17, 15) is 14.9 Å². The fourth-order valence-electron chi connectivity index (χ4n) is 3.57. The van der Waals surface area contributed by atoms with Crippen LogP contribution in [0.5, 0.6) is 0 Å². The predicted molar refractivity (Wildman–Crippen MR) is 110 cm³/mol. The van der Waals surface area contributed by atoms with Crippen molar-refractivity contribution in [3.8, 4) is 0 Å². The monoisotopic (exact) mass is 396 g/mol. The number of nitrogens with one attached hydrogen (secondary N) is 1. The van der Waals surface area contributed by atoms with Crippen molar-refractivity contribution in [2.45, 2.75) is 25.3 Å².